The molecule has 0 spiro atoms. The van der Waals surface area contributed by atoms with Crippen LogP contribution in [0.5, 0.6) is 0 Å². The van der Waals surface area contributed by atoms with Gasteiger partial charge in [0, 0.05) is 14.2 Å². The van der Waals surface area contributed by atoms with Crippen LogP contribution in [0.15, 0.2) is 30.3 Å². The Kier molecular flexibility index (Phi) is 3.62. The van der Waals surface area contributed by atoms with Gasteiger partial charge in [0.2, 0.25) is 0 Å². The molecule has 2 heteroatoms. The van der Waals surface area contributed by atoms with E-state index in [2.05, 4.69) is 80.3 Å². The van der Waals surface area contributed by atoms with Crippen molar-refractivity contribution in [2.75, 3.05) is 0 Å². The lowest BCUT2D eigenvalue weighted by molar-refractivity contribution is -0.614. The molecule has 1 aromatic heterocycles. The van der Waals surface area contributed by atoms with E-state index in [1.807, 2.05) is 0 Å². The Morgan fingerprint density at radius 1 is 1.12 bits per heavy atom. The number of allylic oxidation sites excluding steroid dienone is 1. The van der Waals surface area contributed by atoms with Crippen LogP contribution in [0.3, 0.4) is 0 Å². The second-order valence-corrected chi connectivity index (χ2v) is 8.75. The van der Waals surface area contributed by atoms with E-state index >= 15 is 0 Å². The van der Waals surface area contributed by atoms with Gasteiger partial charge >= 0.3 is 0 Å². The average molecular weight is 337 g/mol. The molecule has 0 bridgehead atoms. The first kappa shape index (κ1) is 15.4. The molecular formula is C23H31N2+. The molecule has 25 heavy (non-hydrogen) atoms. The SMILES string of the molecule is [2H]C1(C2CCCC2)C=Cn2c1c(C)[n+](-c1ccccc1C)c2C(C)(C)C. The van der Waals surface area contributed by atoms with Gasteiger partial charge in [0.1, 0.15) is 11.4 Å². The fourth-order valence-electron chi connectivity index (χ4n) is 4.75. The molecule has 4 rings (SSSR count). The minimum atomic E-state index is -0.589. The molecule has 2 nitrogen and oxygen atoms in total. The molecule has 2 heterocycles. The fraction of sp³-hybridized carbons (Fsp3) is 0.522. The van der Waals surface area contributed by atoms with Gasteiger partial charge in [-0.15, -0.1) is 0 Å². The van der Waals surface area contributed by atoms with Crippen molar-refractivity contribution in [2.45, 2.75) is 71.6 Å². The van der Waals surface area contributed by atoms with E-state index in [0.29, 0.717) is 5.92 Å². The van der Waals surface area contributed by atoms with Crippen LogP contribution >= 0.6 is 0 Å². The van der Waals surface area contributed by atoms with E-state index in [-0.39, 0.29) is 5.41 Å². The van der Waals surface area contributed by atoms with Crippen molar-refractivity contribution in [1.82, 2.24) is 4.57 Å². The summed E-state index contributed by atoms with van der Waals surface area (Å²) in [6.07, 6.45) is 9.21. The highest BCUT2D eigenvalue weighted by Crippen LogP contribution is 2.43. The zero-order chi connectivity index (χ0) is 18.7. The summed E-state index contributed by atoms with van der Waals surface area (Å²) in [5, 5.41) is 0. The number of hydrogen-bond donors (Lipinski definition) is 0. The highest BCUT2D eigenvalue weighted by molar-refractivity contribution is 5.46. The highest BCUT2D eigenvalue weighted by atomic mass is 15.2. The predicted molar refractivity (Wildman–Crippen MR) is 104 cm³/mol. The van der Waals surface area contributed by atoms with Gasteiger partial charge in [0.15, 0.2) is 5.69 Å². The zero-order valence-corrected chi connectivity index (χ0v) is 16.3. The maximum Gasteiger partial charge on any atom is 0.272 e. The van der Waals surface area contributed by atoms with Gasteiger partial charge in [-0.1, -0.05) is 31.0 Å². The van der Waals surface area contributed by atoms with E-state index in [1.54, 1.807) is 0 Å². The Morgan fingerprint density at radius 3 is 2.44 bits per heavy atom. The van der Waals surface area contributed by atoms with E-state index in [0.717, 1.165) is 0 Å². The molecule has 2 aromatic rings. The van der Waals surface area contributed by atoms with Gasteiger partial charge < -0.3 is 0 Å². The summed E-state index contributed by atoms with van der Waals surface area (Å²) in [5.74, 6) is 1.11. The molecule has 0 saturated heterocycles. The van der Waals surface area contributed by atoms with Gasteiger partial charge in [-0.2, -0.15) is 4.57 Å². The molecule has 0 amide bonds. The molecule has 1 fully saturated rings. The molecule has 2 aliphatic rings. The Morgan fingerprint density at radius 2 is 1.80 bits per heavy atom. The van der Waals surface area contributed by atoms with E-state index in [4.69, 9.17) is 0 Å². The summed E-state index contributed by atoms with van der Waals surface area (Å²) in [4.78, 5) is 0. The number of fused-ring (bicyclic) bond motifs is 1. The van der Waals surface area contributed by atoms with Gasteiger partial charge in [-0.25, -0.2) is 4.57 Å². The van der Waals surface area contributed by atoms with Crippen LogP contribution in [0.1, 0.15) is 76.5 Å². The Labute approximate surface area is 153 Å². The van der Waals surface area contributed by atoms with E-state index in [1.165, 1.54) is 54.1 Å². The van der Waals surface area contributed by atoms with Gasteiger partial charge in [-0.3, -0.25) is 0 Å². The highest BCUT2D eigenvalue weighted by Gasteiger charge is 2.43. The quantitative estimate of drug-likeness (QED) is 0.646. The van der Waals surface area contributed by atoms with Gasteiger partial charge in [0.25, 0.3) is 5.82 Å². The summed E-state index contributed by atoms with van der Waals surface area (Å²) in [6.45, 7) is 11.2. The molecule has 1 aliphatic heterocycles. The Bertz CT molecular complexity index is 878. The summed E-state index contributed by atoms with van der Waals surface area (Å²) >= 11 is 0. The normalized spacial score (nSPS) is 24.0. The second kappa shape index (κ2) is 5.86. The third-order valence-corrected chi connectivity index (χ3v) is 5.86. The van der Waals surface area contributed by atoms with Crippen molar-refractivity contribution in [3.05, 3.63) is 53.1 Å². The summed E-state index contributed by atoms with van der Waals surface area (Å²) < 4.78 is 14.1. The molecule has 1 saturated carbocycles. The maximum absolute atomic E-state index is 9.41. The van der Waals surface area contributed by atoms with Crippen LogP contribution in [0.25, 0.3) is 11.9 Å². The third-order valence-electron chi connectivity index (χ3n) is 5.86. The first-order valence-corrected chi connectivity index (χ1v) is 9.68. The van der Waals surface area contributed by atoms with Crippen LogP contribution in [0.4, 0.5) is 0 Å². The number of imidazole rings is 1. The van der Waals surface area contributed by atoms with Crippen LogP contribution in [0.2, 0.25) is 0 Å². The molecule has 1 aromatic carbocycles. The maximum atomic E-state index is 9.41. The van der Waals surface area contributed by atoms with Crippen molar-refractivity contribution in [2.24, 2.45) is 5.92 Å². The van der Waals surface area contributed by atoms with Gasteiger partial charge in [0.05, 0.1) is 11.6 Å². The first-order chi connectivity index (χ1) is 12.2. The lowest BCUT2D eigenvalue weighted by atomic mass is 9.88. The van der Waals surface area contributed by atoms with Crippen LogP contribution in [0, 0.1) is 19.8 Å². The minimum Gasteiger partial charge on any atom is -0.202 e. The molecule has 1 atom stereocenters. The molecular weight excluding hydrogens is 304 g/mol. The topological polar surface area (TPSA) is 8.81 Å². The number of aromatic nitrogens is 2. The monoisotopic (exact) mass is 336 g/mol. The third kappa shape index (κ3) is 2.58. The smallest absolute Gasteiger partial charge is 0.202 e. The van der Waals surface area contributed by atoms with Crippen molar-refractivity contribution in [3.63, 3.8) is 0 Å². The molecule has 1 unspecified atom stereocenters. The molecule has 0 N–H and O–H groups in total. The van der Waals surface area contributed by atoms with Crippen LogP contribution in [-0.4, -0.2) is 4.57 Å². The predicted octanol–water partition coefficient (Wildman–Crippen LogP) is 5.44. The summed E-state index contributed by atoms with van der Waals surface area (Å²) in [7, 11) is 0. The van der Waals surface area contributed by atoms with E-state index in [9.17, 15) is 1.37 Å². The lowest BCUT2D eigenvalue weighted by Gasteiger charge is -2.17. The molecule has 0 radical (unpaired) electrons. The second-order valence-electron chi connectivity index (χ2n) is 8.75. The Balaban J connectivity index is 2.01. The number of para-hydroxylation sites is 1. The lowest BCUT2D eigenvalue weighted by Crippen LogP contribution is -2.43. The number of nitrogens with zero attached hydrogens (tertiary/aromatic N) is 2. The summed E-state index contributed by atoms with van der Waals surface area (Å²) in [5.41, 5.74) is 4.89. The van der Waals surface area contributed by atoms with Crippen molar-refractivity contribution in [3.8, 4) is 5.69 Å². The van der Waals surface area contributed by atoms with E-state index < -0.39 is 5.89 Å². The largest absolute Gasteiger partial charge is 0.272 e. The first-order valence-electron chi connectivity index (χ1n) is 10.2. The Hall–Kier alpha value is -1.83. The number of hydrogen-bond acceptors (Lipinski definition) is 0. The van der Waals surface area contributed by atoms with Crippen molar-refractivity contribution < 1.29 is 5.94 Å². The summed E-state index contributed by atoms with van der Waals surface area (Å²) in [6, 6.07) is 8.60. The van der Waals surface area contributed by atoms with Crippen molar-refractivity contribution >= 4 is 6.20 Å². The van der Waals surface area contributed by atoms with Crippen LogP contribution in [-0.2, 0) is 5.41 Å². The zero-order valence-electron chi connectivity index (χ0n) is 17.3. The average Bonchev–Trinajstić information content (AvgIpc) is 3.26. The molecule has 1 aliphatic carbocycles. The van der Waals surface area contributed by atoms with Gasteiger partial charge in [-0.05, 0) is 64.2 Å². The minimum absolute atomic E-state index is 0.0173. The van der Waals surface area contributed by atoms with Crippen LogP contribution < -0.4 is 4.57 Å². The fourth-order valence-corrected chi connectivity index (χ4v) is 4.75. The number of benzene rings is 1. The van der Waals surface area contributed by atoms with Crippen molar-refractivity contribution in [1.29, 1.82) is 0 Å². The standard InChI is InChI=1S/C23H31N2/c1-16-10-6-9-13-20(16)25-17(2)21-19(18-11-7-8-12-18)14-15-24(21)22(25)23(3,4)5/h6,9-10,13-15,18-19H,7-8,11-12H2,1-5H3/q+1/i19D. The number of aryl methyl sites for hydroxylation is 1. The number of rotatable bonds is 2. The molecule has 132 valence electrons.